The first-order valence-corrected chi connectivity index (χ1v) is 7.03. The van der Waals surface area contributed by atoms with Gasteiger partial charge in [-0.15, -0.1) is 11.3 Å². The number of hydrogen-bond acceptors (Lipinski definition) is 5. The van der Waals surface area contributed by atoms with Crippen molar-refractivity contribution in [2.75, 3.05) is 12.3 Å². The van der Waals surface area contributed by atoms with Crippen LogP contribution in [0.4, 0.5) is 5.82 Å². The van der Waals surface area contributed by atoms with Gasteiger partial charge in [0.25, 0.3) is 0 Å². The van der Waals surface area contributed by atoms with E-state index < -0.39 is 5.97 Å². The van der Waals surface area contributed by atoms with E-state index >= 15 is 0 Å². The van der Waals surface area contributed by atoms with E-state index in [0.717, 1.165) is 15.6 Å². The van der Waals surface area contributed by atoms with E-state index in [0.29, 0.717) is 19.0 Å². The molecular weight excluding hydrogens is 286 g/mol. The van der Waals surface area contributed by atoms with Gasteiger partial charge in [-0.25, -0.2) is 9.78 Å². The minimum Gasteiger partial charge on any atom is -0.461 e. The largest absolute Gasteiger partial charge is 0.461 e. The summed E-state index contributed by atoms with van der Waals surface area (Å²) in [6, 6.07) is 3.84. The second-order valence-corrected chi connectivity index (χ2v) is 5.65. The molecule has 0 saturated carbocycles. The Bertz CT molecular complexity index is 579. The first kappa shape index (κ1) is 13.9. The standard InChI is InChI=1S/C12H14ClN3O2S/c1-2-18-12(17)10-11(14)16(7-15-10)6-5-8-3-4-9(13)19-8/h3-4,7H,2,5-6,14H2,1H3. The van der Waals surface area contributed by atoms with Crippen LogP contribution in [-0.2, 0) is 17.7 Å². The third-order valence-corrected chi connectivity index (χ3v) is 3.87. The smallest absolute Gasteiger partial charge is 0.360 e. The zero-order chi connectivity index (χ0) is 13.8. The molecule has 0 spiro atoms. The molecule has 2 heterocycles. The molecule has 7 heteroatoms. The number of esters is 1. The fourth-order valence-corrected chi connectivity index (χ4v) is 2.72. The summed E-state index contributed by atoms with van der Waals surface area (Å²) < 4.78 is 7.38. The topological polar surface area (TPSA) is 70.1 Å². The Morgan fingerprint density at radius 1 is 1.58 bits per heavy atom. The maximum Gasteiger partial charge on any atom is 0.360 e. The van der Waals surface area contributed by atoms with Gasteiger partial charge in [0, 0.05) is 11.4 Å². The highest BCUT2D eigenvalue weighted by molar-refractivity contribution is 7.16. The van der Waals surface area contributed by atoms with E-state index in [9.17, 15) is 4.79 Å². The molecule has 0 amide bonds. The van der Waals surface area contributed by atoms with Crippen LogP contribution in [0.25, 0.3) is 0 Å². The molecule has 5 nitrogen and oxygen atoms in total. The Balaban J connectivity index is 2.03. The van der Waals surface area contributed by atoms with Crippen molar-refractivity contribution in [3.05, 3.63) is 33.4 Å². The van der Waals surface area contributed by atoms with Crippen LogP contribution in [0.5, 0.6) is 0 Å². The summed E-state index contributed by atoms with van der Waals surface area (Å²) in [5, 5.41) is 0. The molecule has 0 radical (unpaired) electrons. The van der Waals surface area contributed by atoms with Gasteiger partial charge in [0.1, 0.15) is 5.82 Å². The zero-order valence-electron chi connectivity index (χ0n) is 10.4. The van der Waals surface area contributed by atoms with E-state index in [2.05, 4.69) is 4.98 Å². The highest BCUT2D eigenvalue weighted by atomic mass is 35.5. The molecule has 0 aliphatic carbocycles. The number of rotatable bonds is 5. The average Bonchev–Trinajstić information content (AvgIpc) is 2.94. The van der Waals surface area contributed by atoms with Gasteiger partial charge in [-0.3, -0.25) is 0 Å². The lowest BCUT2D eigenvalue weighted by Gasteiger charge is -2.04. The number of aromatic nitrogens is 2. The third kappa shape index (κ3) is 3.27. The average molecular weight is 300 g/mol. The molecule has 2 aromatic rings. The molecule has 0 aromatic carbocycles. The summed E-state index contributed by atoms with van der Waals surface area (Å²) in [7, 11) is 0. The molecule has 2 N–H and O–H groups in total. The molecule has 0 atom stereocenters. The number of anilines is 1. The number of nitrogens with zero attached hydrogens (tertiary/aromatic N) is 2. The molecule has 0 unspecified atom stereocenters. The van der Waals surface area contributed by atoms with Crippen LogP contribution < -0.4 is 5.73 Å². The van der Waals surface area contributed by atoms with E-state index in [-0.39, 0.29) is 5.69 Å². The van der Waals surface area contributed by atoms with E-state index in [1.54, 1.807) is 17.8 Å². The second kappa shape index (κ2) is 6.08. The van der Waals surface area contributed by atoms with Crippen LogP contribution in [0.15, 0.2) is 18.5 Å². The number of ether oxygens (including phenoxy) is 1. The predicted octanol–water partition coefficient (Wildman–Crippen LogP) is 2.60. The van der Waals surface area contributed by atoms with Crippen molar-refractivity contribution in [2.45, 2.75) is 19.9 Å². The Hall–Kier alpha value is -1.53. The SMILES string of the molecule is CCOC(=O)c1ncn(CCc2ccc(Cl)s2)c1N. The fraction of sp³-hybridized carbons (Fsp3) is 0.333. The van der Waals surface area contributed by atoms with Gasteiger partial charge >= 0.3 is 5.97 Å². The minimum absolute atomic E-state index is 0.172. The summed E-state index contributed by atoms with van der Waals surface area (Å²) in [5.41, 5.74) is 6.05. The number of halogens is 1. The first-order valence-electron chi connectivity index (χ1n) is 5.83. The lowest BCUT2D eigenvalue weighted by molar-refractivity contribution is 0.0521. The van der Waals surface area contributed by atoms with Crippen LogP contribution in [0.1, 0.15) is 22.3 Å². The van der Waals surface area contributed by atoms with Crippen molar-refractivity contribution in [1.82, 2.24) is 9.55 Å². The monoisotopic (exact) mass is 299 g/mol. The molecule has 0 aliphatic heterocycles. The molecule has 0 saturated heterocycles. The van der Waals surface area contributed by atoms with Gasteiger partial charge in [0.15, 0.2) is 5.69 Å². The van der Waals surface area contributed by atoms with Gasteiger partial charge < -0.3 is 15.0 Å². The summed E-state index contributed by atoms with van der Waals surface area (Å²) in [4.78, 5) is 16.7. The van der Waals surface area contributed by atoms with E-state index in [1.807, 2.05) is 12.1 Å². The summed E-state index contributed by atoms with van der Waals surface area (Å²) in [6.07, 6.45) is 2.34. The van der Waals surface area contributed by atoms with Crippen molar-refractivity contribution >= 4 is 34.7 Å². The van der Waals surface area contributed by atoms with Crippen molar-refractivity contribution < 1.29 is 9.53 Å². The van der Waals surface area contributed by atoms with Gasteiger partial charge in [0.05, 0.1) is 17.3 Å². The molecule has 19 heavy (non-hydrogen) atoms. The Morgan fingerprint density at radius 2 is 2.37 bits per heavy atom. The molecule has 0 fully saturated rings. The van der Waals surface area contributed by atoms with Gasteiger partial charge in [-0.1, -0.05) is 11.6 Å². The van der Waals surface area contributed by atoms with Crippen LogP contribution in [0, 0.1) is 0 Å². The zero-order valence-corrected chi connectivity index (χ0v) is 12.0. The summed E-state index contributed by atoms with van der Waals surface area (Å²) in [5.74, 6) is -0.154. The number of aryl methyl sites for hydroxylation is 2. The van der Waals surface area contributed by atoms with Crippen molar-refractivity contribution in [1.29, 1.82) is 0 Å². The number of nitrogens with two attached hydrogens (primary N) is 1. The number of thiophene rings is 1. The fourth-order valence-electron chi connectivity index (χ4n) is 1.64. The number of carbonyl (C=O) groups excluding carboxylic acids is 1. The number of nitrogen functional groups attached to an aromatic ring is 1. The van der Waals surface area contributed by atoms with Crippen molar-refractivity contribution in [3.8, 4) is 0 Å². The second-order valence-electron chi connectivity index (χ2n) is 3.85. The Labute approximate surface area is 120 Å². The number of hydrogen-bond donors (Lipinski definition) is 1. The van der Waals surface area contributed by atoms with Crippen LogP contribution >= 0.6 is 22.9 Å². The first-order chi connectivity index (χ1) is 9.11. The third-order valence-electron chi connectivity index (χ3n) is 2.58. The number of carbonyl (C=O) groups is 1. The molecule has 2 aromatic heterocycles. The van der Waals surface area contributed by atoms with Crippen LogP contribution in [-0.4, -0.2) is 22.1 Å². The van der Waals surface area contributed by atoms with Crippen LogP contribution in [0.3, 0.4) is 0 Å². The molecule has 0 bridgehead atoms. The van der Waals surface area contributed by atoms with Crippen molar-refractivity contribution in [3.63, 3.8) is 0 Å². The summed E-state index contributed by atoms with van der Waals surface area (Å²) >= 11 is 7.40. The molecule has 2 rings (SSSR count). The normalized spacial score (nSPS) is 10.6. The molecular formula is C12H14ClN3O2S. The molecule has 0 aliphatic rings. The van der Waals surface area contributed by atoms with E-state index in [4.69, 9.17) is 22.1 Å². The quantitative estimate of drug-likeness (QED) is 0.862. The lowest BCUT2D eigenvalue weighted by atomic mass is 10.3. The minimum atomic E-state index is -0.488. The Morgan fingerprint density at radius 3 is 3.00 bits per heavy atom. The van der Waals surface area contributed by atoms with E-state index in [1.165, 1.54) is 11.3 Å². The van der Waals surface area contributed by atoms with Gasteiger partial charge in [-0.05, 0) is 25.5 Å². The highest BCUT2D eigenvalue weighted by Crippen LogP contribution is 2.22. The maximum atomic E-state index is 11.6. The Kier molecular flexibility index (Phi) is 4.44. The maximum absolute atomic E-state index is 11.6. The van der Waals surface area contributed by atoms with Gasteiger partial charge in [-0.2, -0.15) is 0 Å². The van der Waals surface area contributed by atoms with Crippen molar-refractivity contribution in [2.24, 2.45) is 0 Å². The highest BCUT2D eigenvalue weighted by Gasteiger charge is 2.16. The lowest BCUT2D eigenvalue weighted by Crippen LogP contribution is -2.10. The predicted molar refractivity (Wildman–Crippen MR) is 75.6 cm³/mol. The van der Waals surface area contributed by atoms with Gasteiger partial charge in [0.2, 0.25) is 0 Å². The van der Waals surface area contributed by atoms with Crippen LogP contribution in [0.2, 0.25) is 4.34 Å². The summed E-state index contributed by atoms with van der Waals surface area (Å²) in [6.45, 7) is 2.69. The number of imidazole rings is 1. The molecule has 102 valence electrons.